The number of carbonyl (C=O) groups excluding carboxylic acids is 1. The lowest BCUT2D eigenvalue weighted by Crippen LogP contribution is -2.60. The summed E-state index contributed by atoms with van der Waals surface area (Å²) in [5.74, 6) is 0.209. The molecule has 84 valence electrons. The molecule has 2 heterocycles. The van der Waals surface area contributed by atoms with E-state index in [2.05, 4.69) is 23.2 Å². The molecular weight excluding hydrogens is 200 g/mol. The summed E-state index contributed by atoms with van der Waals surface area (Å²) in [6.45, 7) is 3.94. The topological polar surface area (TPSA) is 32.3 Å². The minimum atomic E-state index is 0.209. The number of benzene rings is 1. The fourth-order valence-electron chi connectivity index (χ4n) is 2.85. The van der Waals surface area contributed by atoms with Gasteiger partial charge in [-0.25, -0.2) is 0 Å². The lowest BCUT2D eigenvalue weighted by atomic mass is 9.90. The number of fused-ring (bicyclic) bond motifs is 2. The minimum absolute atomic E-state index is 0.209. The van der Waals surface area contributed by atoms with Gasteiger partial charge in [-0.3, -0.25) is 4.79 Å². The second-order valence-electron chi connectivity index (χ2n) is 4.73. The first-order valence-corrected chi connectivity index (χ1v) is 5.88. The highest BCUT2D eigenvalue weighted by Crippen LogP contribution is 2.26. The largest absolute Gasteiger partial charge is 0.330 e. The SMILES string of the molecule is C[C@H]1CNCC2Cc3ccccc3C(=O)N21. The lowest BCUT2D eigenvalue weighted by Gasteiger charge is -2.44. The van der Waals surface area contributed by atoms with Crippen LogP contribution in [0.15, 0.2) is 24.3 Å². The van der Waals surface area contributed by atoms with Gasteiger partial charge in [-0.15, -0.1) is 0 Å². The van der Waals surface area contributed by atoms with Gasteiger partial charge in [0.15, 0.2) is 0 Å². The molecule has 1 aromatic carbocycles. The van der Waals surface area contributed by atoms with E-state index in [9.17, 15) is 4.79 Å². The first kappa shape index (κ1) is 9.85. The van der Waals surface area contributed by atoms with Gasteiger partial charge in [-0.1, -0.05) is 18.2 Å². The maximum absolute atomic E-state index is 12.4. The highest BCUT2D eigenvalue weighted by molar-refractivity contribution is 5.97. The van der Waals surface area contributed by atoms with Crippen LogP contribution in [-0.4, -0.2) is 36.0 Å². The Morgan fingerprint density at radius 1 is 1.31 bits per heavy atom. The first-order chi connectivity index (χ1) is 7.77. The molecule has 0 saturated carbocycles. The Balaban J connectivity index is 2.03. The lowest BCUT2D eigenvalue weighted by molar-refractivity contribution is 0.0483. The van der Waals surface area contributed by atoms with Gasteiger partial charge in [0.05, 0.1) is 0 Å². The average molecular weight is 216 g/mol. The van der Waals surface area contributed by atoms with E-state index in [1.165, 1.54) is 5.56 Å². The summed E-state index contributed by atoms with van der Waals surface area (Å²) in [5, 5.41) is 3.39. The molecule has 1 aromatic rings. The highest BCUT2D eigenvalue weighted by Gasteiger charge is 2.36. The third-order valence-electron chi connectivity index (χ3n) is 3.63. The summed E-state index contributed by atoms with van der Waals surface area (Å²) in [6, 6.07) is 8.63. The normalized spacial score (nSPS) is 28.6. The standard InChI is InChI=1S/C13H16N2O/c1-9-7-14-8-11-6-10-4-2-3-5-12(10)13(16)15(9)11/h2-5,9,11,14H,6-8H2,1H3/t9-,11?/m0/s1. The number of nitrogens with one attached hydrogen (secondary N) is 1. The molecule has 3 rings (SSSR count). The molecule has 0 radical (unpaired) electrons. The van der Waals surface area contributed by atoms with E-state index >= 15 is 0 Å². The van der Waals surface area contributed by atoms with E-state index in [1.807, 2.05) is 18.2 Å². The zero-order chi connectivity index (χ0) is 11.1. The molecule has 1 saturated heterocycles. The molecule has 0 bridgehead atoms. The van der Waals surface area contributed by atoms with Gasteiger partial charge in [-0.05, 0) is 25.0 Å². The molecular formula is C13H16N2O. The van der Waals surface area contributed by atoms with Crippen molar-refractivity contribution >= 4 is 5.91 Å². The Hall–Kier alpha value is -1.35. The maximum atomic E-state index is 12.4. The van der Waals surface area contributed by atoms with E-state index < -0.39 is 0 Å². The average Bonchev–Trinajstić information content (AvgIpc) is 2.29. The molecule has 3 heteroatoms. The molecule has 1 amide bonds. The molecule has 1 fully saturated rings. The van der Waals surface area contributed by atoms with Crippen molar-refractivity contribution in [1.82, 2.24) is 10.2 Å². The monoisotopic (exact) mass is 216 g/mol. The second-order valence-corrected chi connectivity index (χ2v) is 4.73. The van der Waals surface area contributed by atoms with Crippen LogP contribution < -0.4 is 5.32 Å². The fourth-order valence-corrected chi connectivity index (χ4v) is 2.85. The summed E-state index contributed by atoms with van der Waals surface area (Å²) >= 11 is 0. The molecule has 0 aromatic heterocycles. The van der Waals surface area contributed by atoms with Crippen LogP contribution in [0.25, 0.3) is 0 Å². The molecule has 3 nitrogen and oxygen atoms in total. The Kier molecular flexibility index (Phi) is 2.21. The Bertz CT molecular complexity index is 430. The van der Waals surface area contributed by atoms with E-state index in [1.54, 1.807) is 0 Å². The fraction of sp³-hybridized carbons (Fsp3) is 0.462. The number of nitrogens with zero attached hydrogens (tertiary/aromatic N) is 1. The van der Waals surface area contributed by atoms with Crippen molar-refractivity contribution in [2.75, 3.05) is 13.1 Å². The van der Waals surface area contributed by atoms with Gasteiger partial charge < -0.3 is 10.2 Å². The van der Waals surface area contributed by atoms with Gasteiger partial charge in [0, 0.05) is 30.7 Å². The zero-order valence-corrected chi connectivity index (χ0v) is 9.44. The van der Waals surface area contributed by atoms with Gasteiger partial charge in [0.1, 0.15) is 0 Å². The van der Waals surface area contributed by atoms with Crippen molar-refractivity contribution in [3.63, 3.8) is 0 Å². The van der Waals surface area contributed by atoms with Gasteiger partial charge in [-0.2, -0.15) is 0 Å². The van der Waals surface area contributed by atoms with E-state index in [0.29, 0.717) is 12.1 Å². The van der Waals surface area contributed by atoms with Crippen LogP contribution in [0.1, 0.15) is 22.8 Å². The number of piperazine rings is 1. The number of hydrogen-bond donors (Lipinski definition) is 1. The van der Waals surface area contributed by atoms with Crippen molar-refractivity contribution in [3.8, 4) is 0 Å². The van der Waals surface area contributed by atoms with Crippen molar-refractivity contribution < 1.29 is 4.79 Å². The summed E-state index contributed by atoms with van der Waals surface area (Å²) in [6.07, 6.45) is 0.985. The third kappa shape index (κ3) is 1.35. The zero-order valence-electron chi connectivity index (χ0n) is 9.44. The number of amides is 1. The van der Waals surface area contributed by atoms with Gasteiger partial charge in [0.25, 0.3) is 5.91 Å². The predicted octanol–water partition coefficient (Wildman–Crippen LogP) is 1.05. The summed E-state index contributed by atoms with van der Waals surface area (Å²) in [7, 11) is 0. The van der Waals surface area contributed by atoms with E-state index in [0.717, 1.165) is 25.1 Å². The third-order valence-corrected chi connectivity index (χ3v) is 3.63. The highest BCUT2D eigenvalue weighted by atomic mass is 16.2. The van der Waals surface area contributed by atoms with Crippen molar-refractivity contribution in [1.29, 1.82) is 0 Å². The van der Waals surface area contributed by atoms with Crippen LogP contribution in [0.5, 0.6) is 0 Å². The number of rotatable bonds is 0. The van der Waals surface area contributed by atoms with Crippen molar-refractivity contribution in [3.05, 3.63) is 35.4 Å². The Labute approximate surface area is 95.4 Å². The van der Waals surface area contributed by atoms with Gasteiger partial charge >= 0.3 is 0 Å². The molecule has 0 spiro atoms. The van der Waals surface area contributed by atoms with Crippen LogP contribution in [0.4, 0.5) is 0 Å². The van der Waals surface area contributed by atoms with Crippen LogP contribution in [0.2, 0.25) is 0 Å². The molecule has 1 unspecified atom stereocenters. The summed E-state index contributed by atoms with van der Waals surface area (Å²) in [5.41, 5.74) is 2.09. The molecule has 0 aliphatic carbocycles. The smallest absolute Gasteiger partial charge is 0.254 e. The first-order valence-electron chi connectivity index (χ1n) is 5.88. The van der Waals surface area contributed by atoms with Crippen LogP contribution in [0, 0.1) is 0 Å². The van der Waals surface area contributed by atoms with Crippen LogP contribution >= 0.6 is 0 Å². The molecule has 2 atom stereocenters. The molecule has 16 heavy (non-hydrogen) atoms. The van der Waals surface area contributed by atoms with Gasteiger partial charge in [0.2, 0.25) is 0 Å². The van der Waals surface area contributed by atoms with E-state index in [-0.39, 0.29) is 5.91 Å². The Morgan fingerprint density at radius 3 is 3.00 bits per heavy atom. The predicted molar refractivity (Wildman–Crippen MR) is 62.4 cm³/mol. The summed E-state index contributed by atoms with van der Waals surface area (Å²) in [4.78, 5) is 14.4. The Morgan fingerprint density at radius 2 is 2.12 bits per heavy atom. The maximum Gasteiger partial charge on any atom is 0.254 e. The second kappa shape index (κ2) is 3.59. The van der Waals surface area contributed by atoms with Crippen LogP contribution in [0.3, 0.4) is 0 Å². The molecule has 2 aliphatic rings. The minimum Gasteiger partial charge on any atom is -0.330 e. The number of carbonyl (C=O) groups is 1. The number of hydrogen-bond acceptors (Lipinski definition) is 2. The van der Waals surface area contributed by atoms with Crippen molar-refractivity contribution in [2.45, 2.75) is 25.4 Å². The van der Waals surface area contributed by atoms with Crippen molar-refractivity contribution in [2.24, 2.45) is 0 Å². The van der Waals surface area contributed by atoms with E-state index in [4.69, 9.17) is 0 Å². The molecule has 2 aliphatic heterocycles. The quantitative estimate of drug-likeness (QED) is 0.703. The summed E-state index contributed by atoms with van der Waals surface area (Å²) < 4.78 is 0. The van der Waals surface area contributed by atoms with Crippen LogP contribution in [-0.2, 0) is 6.42 Å². The molecule has 1 N–H and O–H groups in total.